The van der Waals surface area contributed by atoms with Gasteiger partial charge in [-0.2, -0.15) is 0 Å². The molecule has 1 unspecified atom stereocenters. The Bertz CT molecular complexity index is 1020. The van der Waals surface area contributed by atoms with Crippen LogP contribution in [0.15, 0.2) is 65.6 Å². The Balaban J connectivity index is 1.75. The zero-order valence-corrected chi connectivity index (χ0v) is 15.5. The van der Waals surface area contributed by atoms with Crippen LogP contribution < -0.4 is 5.32 Å². The molecule has 1 atom stereocenters. The standard InChI is InChI=1S/C20H15ClN2O2S/c1-23-20(25)18(19(24)22-15-8-6-14(21)7-9-15)16-10-12-4-2-3-5-13(12)11-17(16)26-23/h2-11,18H,1H3,(H,22,24). The van der Waals surface area contributed by atoms with E-state index in [9.17, 15) is 9.59 Å². The van der Waals surface area contributed by atoms with E-state index in [0.29, 0.717) is 10.7 Å². The second-order valence-corrected chi connectivity index (χ2v) is 7.70. The molecule has 1 aliphatic rings. The maximum atomic E-state index is 12.9. The summed E-state index contributed by atoms with van der Waals surface area (Å²) in [6, 6.07) is 18.7. The highest BCUT2D eigenvalue weighted by Crippen LogP contribution is 2.40. The van der Waals surface area contributed by atoms with Gasteiger partial charge in [-0.1, -0.05) is 35.9 Å². The van der Waals surface area contributed by atoms with Crippen LogP contribution >= 0.6 is 23.5 Å². The maximum absolute atomic E-state index is 12.9. The SMILES string of the molecule is CN1Sc2cc3ccccc3cc2C(C(=O)Nc2ccc(Cl)cc2)C1=O. The Hall–Kier alpha value is -2.50. The minimum atomic E-state index is -0.878. The van der Waals surface area contributed by atoms with Crippen molar-refractivity contribution in [2.45, 2.75) is 10.8 Å². The third kappa shape index (κ3) is 3.04. The molecule has 4 nitrogen and oxygen atoms in total. The minimum absolute atomic E-state index is 0.232. The number of hydrogen-bond acceptors (Lipinski definition) is 3. The molecule has 0 bridgehead atoms. The molecule has 1 heterocycles. The van der Waals surface area contributed by atoms with Crippen molar-refractivity contribution in [3.05, 3.63) is 71.2 Å². The number of carbonyl (C=O) groups is 2. The molecule has 0 fully saturated rings. The summed E-state index contributed by atoms with van der Waals surface area (Å²) < 4.78 is 1.52. The predicted molar refractivity (Wildman–Crippen MR) is 105 cm³/mol. The lowest BCUT2D eigenvalue weighted by atomic mass is 9.94. The quantitative estimate of drug-likeness (QED) is 0.516. The van der Waals surface area contributed by atoms with Crippen molar-refractivity contribution in [2.24, 2.45) is 0 Å². The van der Waals surface area contributed by atoms with Crippen LogP contribution in [0.2, 0.25) is 5.02 Å². The topological polar surface area (TPSA) is 49.4 Å². The number of fused-ring (bicyclic) bond motifs is 2. The fraction of sp³-hybridized carbons (Fsp3) is 0.100. The van der Waals surface area contributed by atoms with Crippen molar-refractivity contribution in [3.63, 3.8) is 0 Å². The van der Waals surface area contributed by atoms with Gasteiger partial charge in [0.25, 0.3) is 0 Å². The lowest BCUT2D eigenvalue weighted by Crippen LogP contribution is -2.37. The lowest BCUT2D eigenvalue weighted by Gasteiger charge is -2.30. The Morgan fingerprint density at radius 1 is 1.08 bits per heavy atom. The second kappa shape index (κ2) is 6.67. The van der Waals surface area contributed by atoms with Gasteiger partial charge in [0.1, 0.15) is 5.92 Å². The Labute approximate surface area is 160 Å². The zero-order valence-electron chi connectivity index (χ0n) is 13.9. The molecular formula is C20H15ClN2O2S. The Kier molecular flexibility index (Phi) is 4.34. The van der Waals surface area contributed by atoms with Crippen molar-refractivity contribution in [2.75, 3.05) is 12.4 Å². The smallest absolute Gasteiger partial charge is 0.249 e. The number of nitrogens with zero attached hydrogens (tertiary/aromatic N) is 1. The summed E-state index contributed by atoms with van der Waals surface area (Å²) in [7, 11) is 1.69. The summed E-state index contributed by atoms with van der Waals surface area (Å²) >= 11 is 7.24. The molecule has 0 saturated carbocycles. The number of halogens is 1. The van der Waals surface area contributed by atoms with Crippen molar-refractivity contribution >= 4 is 51.8 Å². The summed E-state index contributed by atoms with van der Waals surface area (Å²) in [6.45, 7) is 0. The fourth-order valence-corrected chi connectivity index (χ4v) is 4.13. The second-order valence-electron chi connectivity index (χ2n) is 6.09. The average Bonchev–Trinajstić information content (AvgIpc) is 2.63. The highest BCUT2D eigenvalue weighted by molar-refractivity contribution is 7.97. The third-order valence-electron chi connectivity index (χ3n) is 4.36. The molecular weight excluding hydrogens is 368 g/mol. The first-order valence-corrected chi connectivity index (χ1v) is 9.23. The van der Waals surface area contributed by atoms with E-state index in [0.717, 1.165) is 21.2 Å². The number of amides is 2. The molecule has 0 saturated heterocycles. The Morgan fingerprint density at radius 2 is 1.73 bits per heavy atom. The van der Waals surface area contributed by atoms with Gasteiger partial charge in [0.15, 0.2) is 0 Å². The molecule has 3 aromatic rings. The fourth-order valence-electron chi connectivity index (χ4n) is 3.05. The van der Waals surface area contributed by atoms with E-state index in [2.05, 4.69) is 5.32 Å². The molecule has 4 rings (SSSR count). The van der Waals surface area contributed by atoms with E-state index in [4.69, 9.17) is 11.6 Å². The highest BCUT2D eigenvalue weighted by Gasteiger charge is 2.37. The number of likely N-dealkylation sites (N-methyl/N-ethyl adjacent to an activating group) is 1. The minimum Gasteiger partial charge on any atom is -0.325 e. The van der Waals surface area contributed by atoms with E-state index >= 15 is 0 Å². The van der Waals surface area contributed by atoms with Crippen LogP contribution in [0, 0.1) is 0 Å². The van der Waals surface area contributed by atoms with Crippen LogP contribution in [0.5, 0.6) is 0 Å². The summed E-state index contributed by atoms with van der Waals surface area (Å²) in [4.78, 5) is 26.6. The normalized spacial score (nSPS) is 16.5. The van der Waals surface area contributed by atoms with Gasteiger partial charge in [-0.15, -0.1) is 0 Å². The first kappa shape index (κ1) is 16.9. The van der Waals surface area contributed by atoms with Crippen molar-refractivity contribution in [1.29, 1.82) is 0 Å². The summed E-state index contributed by atoms with van der Waals surface area (Å²) in [5.74, 6) is -1.46. The number of nitrogens with one attached hydrogen (secondary N) is 1. The predicted octanol–water partition coefficient (Wildman–Crippen LogP) is 4.69. The monoisotopic (exact) mass is 382 g/mol. The molecule has 130 valence electrons. The van der Waals surface area contributed by atoms with Crippen LogP contribution in [0.1, 0.15) is 11.5 Å². The Morgan fingerprint density at radius 3 is 2.42 bits per heavy atom. The van der Waals surface area contributed by atoms with Gasteiger partial charge in [-0.05, 0) is 64.7 Å². The van der Waals surface area contributed by atoms with Crippen LogP contribution in [-0.2, 0) is 9.59 Å². The molecule has 26 heavy (non-hydrogen) atoms. The molecule has 0 spiro atoms. The van der Waals surface area contributed by atoms with E-state index in [1.807, 2.05) is 36.4 Å². The van der Waals surface area contributed by atoms with Crippen LogP contribution in [-0.4, -0.2) is 23.2 Å². The first-order valence-electron chi connectivity index (χ1n) is 8.07. The number of carbonyl (C=O) groups excluding carboxylic acids is 2. The summed E-state index contributed by atoms with van der Waals surface area (Å²) in [6.07, 6.45) is 0. The lowest BCUT2D eigenvalue weighted by molar-refractivity contribution is -0.132. The van der Waals surface area contributed by atoms with E-state index in [1.54, 1.807) is 31.3 Å². The van der Waals surface area contributed by atoms with Gasteiger partial charge in [0.2, 0.25) is 11.8 Å². The number of benzene rings is 3. The number of anilines is 1. The van der Waals surface area contributed by atoms with Crippen molar-refractivity contribution < 1.29 is 9.59 Å². The van der Waals surface area contributed by atoms with Crippen LogP contribution in [0.25, 0.3) is 10.8 Å². The van der Waals surface area contributed by atoms with Crippen LogP contribution in [0.3, 0.4) is 0 Å². The van der Waals surface area contributed by atoms with Crippen molar-refractivity contribution in [3.8, 4) is 0 Å². The van der Waals surface area contributed by atoms with E-state index < -0.39 is 5.92 Å². The maximum Gasteiger partial charge on any atom is 0.249 e. The molecule has 1 aliphatic heterocycles. The van der Waals surface area contributed by atoms with Gasteiger partial charge >= 0.3 is 0 Å². The van der Waals surface area contributed by atoms with Crippen molar-refractivity contribution in [1.82, 2.24) is 4.31 Å². The van der Waals surface area contributed by atoms with Gasteiger partial charge in [-0.3, -0.25) is 13.9 Å². The summed E-state index contributed by atoms with van der Waals surface area (Å²) in [5, 5.41) is 5.50. The van der Waals surface area contributed by atoms with Gasteiger partial charge in [0, 0.05) is 22.7 Å². The molecule has 0 radical (unpaired) electrons. The average molecular weight is 383 g/mol. The van der Waals surface area contributed by atoms with E-state index in [-0.39, 0.29) is 11.8 Å². The third-order valence-corrected chi connectivity index (χ3v) is 5.61. The van der Waals surface area contributed by atoms with E-state index in [1.165, 1.54) is 16.3 Å². The molecule has 1 N–H and O–H groups in total. The van der Waals surface area contributed by atoms with Gasteiger partial charge in [-0.25, -0.2) is 0 Å². The molecule has 2 amide bonds. The highest BCUT2D eigenvalue weighted by atomic mass is 35.5. The first-order chi connectivity index (χ1) is 12.5. The summed E-state index contributed by atoms with van der Waals surface area (Å²) in [5.41, 5.74) is 1.35. The number of hydrogen-bond donors (Lipinski definition) is 1. The molecule has 0 aliphatic carbocycles. The molecule has 3 aromatic carbocycles. The van der Waals surface area contributed by atoms with Crippen LogP contribution in [0.4, 0.5) is 5.69 Å². The largest absolute Gasteiger partial charge is 0.325 e. The van der Waals surface area contributed by atoms with Gasteiger partial charge < -0.3 is 5.32 Å². The molecule has 0 aromatic heterocycles. The zero-order chi connectivity index (χ0) is 18.3. The molecule has 6 heteroatoms. The van der Waals surface area contributed by atoms with Gasteiger partial charge in [0.05, 0.1) is 0 Å². The number of rotatable bonds is 2.